The first-order valence-electron chi connectivity index (χ1n) is 6.60. The third-order valence-corrected chi connectivity index (χ3v) is 3.68. The Hall–Kier alpha value is -0.620. The van der Waals surface area contributed by atoms with E-state index < -0.39 is 6.43 Å². The molecule has 21 heavy (non-hydrogen) atoms. The summed E-state index contributed by atoms with van der Waals surface area (Å²) in [4.78, 5) is 2.28. The predicted octanol–water partition coefficient (Wildman–Crippen LogP) is 3.15. The van der Waals surface area contributed by atoms with E-state index in [0.717, 1.165) is 30.8 Å². The number of nitrogen functional groups attached to an aromatic ring is 1. The second-order valence-electron chi connectivity index (χ2n) is 5.29. The molecular formula is C14H23Cl2F2N3. The molecule has 2 rings (SSSR count). The Balaban J connectivity index is 0.00000200. The molecule has 0 aliphatic carbocycles. The van der Waals surface area contributed by atoms with E-state index in [1.54, 1.807) is 6.07 Å². The molecule has 1 heterocycles. The van der Waals surface area contributed by atoms with Crippen LogP contribution < -0.4 is 11.1 Å². The molecule has 1 aromatic rings. The summed E-state index contributed by atoms with van der Waals surface area (Å²) in [5.41, 5.74) is 8.12. The highest BCUT2D eigenvalue weighted by atomic mass is 35.5. The Labute approximate surface area is 137 Å². The highest BCUT2D eigenvalue weighted by Crippen LogP contribution is 2.27. The van der Waals surface area contributed by atoms with Crippen LogP contribution in [-0.2, 0) is 6.54 Å². The van der Waals surface area contributed by atoms with Gasteiger partial charge in [-0.25, -0.2) is 8.78 Å². The van der Waals surface area contributed by atoms with Gasteiger partial charge in [-0.1, -0.05) is 0 Å². The fraction of sp³-hybridized carbons (Fsp3) is 0.571. The third-order valence-electron chi connectivity index (χ3n) is 3.68. The molecule has 0 amide bonds. The van der Waals surface area contributed by atoms with E-state index in [1.165, 1.54) is 6.07 Å². The van der Waals surface area contributed by atoms with Gasteiger partial charge in [-0.05, 0) is 37.1 Å². The first-order valence-corrected chi connectivity index (χ1v) is 6.60. The van der Waals surface area contributed by atoms with Gasteiger partial charge in [-0.3, -0.25) is 4.90 Å². The topological polar surface area (TPSA) is 41.3 Å². The van der Waals surface area contributed by atoms with Crippen molar-refractivity contribution in [3.8, 4) is 0 Å². The minimum Gasteiger partial charge on any atom is -0.398 e. The molecule has 1 aromatic carbocycles. The normalized spacial score (nSPS) is 19.0. The van der Waals surface area contributed by atoms with Crippen LogP contribution in [0.25, 0.3) is 0 Å². The number of nitrogens with zero attached hydrogens (tertiary/aromatic N) is 1. The summed E-state index contributed by atoms with van der Waals surface area (Å²) in [5.74, 6) is 0. The zero-order valence-corrected chi connectivity index (χ0v) is 13.9. The molecular weight excluding hydrogens is 319 g/mol. The van der Waals surface area contributed by atoms with Gasteiger partial charge in [0.15, 0.2) is 0 Å². The lowest BCUT2D eigenvalue weighted by molar-refractivity contribution is 0.151. The molecule has 7 heteroatoms. The van der Waals surface area contributed by atoms with Crippen molar-refractivity contribution in [1.29, 1.82) is 0 Å². The van der Waals surface area contributed by atoms with Gasteiger partial charge in [-0.15, -0.1) is 24.8 Å². The maximum Gasteiger partial charge on any atom is 0.263 e. The minimum atomic E-state index is -2.47. The molecule has 1 saturated heterocycles. The Morgan fingerprint density at radius 1 is 1.38 bits per heavy atom. The van der Waals surface area contributed by atoms with Crippen molar-refractivity contribution < 1.29 is 8.78 Å². The average molecular weight is 342 g/mol. The first-order chi connectivity index (χ1) is 8.97. The van der Waals surface area contributed by atoms with Crippen molar-refractivity contribution in [2.24, 2.45) is 0 Å². The lowest BCUT2D eigenvalue weighted by Crippen LogP contribution is -2.48. The molecule has 1 atom stereocenters. The van der Waals surface area contributed by atoms with E-state index in [0.29, 0.717) is 18.3 Å². The van der Waals surface area contributed by atoms with Crippen LogP contribution in [0.2, 0.25) is 0 Å². The summed E-state index contributed by atoms with van der Waals surface area (Å²) in [6.45, 7) is 7.50. The number of nitrogens with one attached hydrogen (secondary N) is 1. The second-order valence-corrected chi connectivity index (χ2v) is 5.29. The maximum absolute atomic E-state index is 12.8. The zero-order valence-electron chi connectivity index (χ0n) is 12.2. The van der Waals surface area contributed by atoms with Crippen molar-refractivity contribution in [2.45, 2.75) is 32.9 Å². The monoisotopic (exact) mass is 341 g/mol. The van der Waals surface area contributed by atoms with Gasteiger partial charge < -0.3 is 11.1 Å². The number of halogens is 4. The molecule has 122 valence electrons. The van der Waals surface area contributed by atoms with Crippen LogP contribution in [0, 0.1) is 6.92 Å². The highest BCUT2D eigenvalue weighted by molar-refractivity contribution is 5.85. The highest BCUT2D eigenvalue weighted by Gasteiger charge is 2.18. The van der Waals surface area contributed by atoms with Gasteiger partial charge >= 0.3 is 0 Å². The number of anilines is 1. The SMILES string of the molecule is Cc1c(N)cc(C(F)F)cc1CN1CCN[C@@H](C)C1.Cl.Cl. The number of hydrogen-bond acceptors (Lipinski definition) is 3. The van der Waals surface area contributed by atoms with Crippen molar-refractivity contribution >= 4 is 30.5 Å². The van der Waals surface area contributed by atoms with E-state index in [9.17, 15) is 8.78 Å². The molecule has 0 radical (unpaired) electrons. The number of benzene rings is 1. The van der Waals surface area contributed by atoms with Crippen LogP contribution >= 0.6 is 24.8 Å². The van der Waals surface area contributed by atoms with Gasteiger partial charge in [0.05, 0.1) is 0 Å². The quantitative estimate of drug-likeness (QED) is 0.829. The summed E-state index contributed by atoms with van der Waals surface area (Å²) < 4.78 is 25.6. The number of alkyl halides is 2. The van der Waals surface area contributed by atoms with Crippen LogP contribution in [0.1, 0.15) is 30.0 Å². The number of nitrogens with two attached hydrogens (primary N) is 1. The molecule has 0 spiro atoms. The van der Waals surface area contributed by atoms with Crippen LogP contribution in [-0.4, -0.2) is 30.6 Å². The zero-order chi connectivity index (χ0) is 14.0. The first kappa shape index (κ1) is 20.4. The van der Waals surface area contributed by atoms with Crippen molar-refractivity contribution in [2.75, 3.05) is 25.4 Å². The molecule has 3 nitrogen and oxygen atoms in total. The van der Waals surface area contributed by atoms with Gasteiger partial charge in [0.25, 0.3) is 6.43 Å². The van der Waals surface area contributed by atoms with Gasteiger partial charge in [0.1, 0.15) is 0 Å². The van der Waals surface area contributed by atoms with Crippen molar-refractivity contribution in [3.63, 3.8) is 0 Å². The standard InChI is InChI=1S/C14H21F2N3.2ClH/c1-9-7-19(4-3-18-9)8-12-5-11(14(15)16)6-13(17)10(12)2;;/h5-6,9,14,18H,3-4,7-8,17H2,1-2H3;2*1H/t9-;;/m0../s1. The van der Waals surface area contributed by atoms with Crippen molar-refractivity contribution in [3.05, 3.63) is 28.8 Å². The molecule has 1 aliphatic rings. The van der Waals surface area contributed by atoms with Gasteiger partial charge in [-0.2, -0.15) is 0 Å². The molecule has 0 bridgehead atoms. The van der Waals surface area contributed by atoms with Crippen molar-refractivity contribution in [1.82, 2.24) is 10.2 Å². The summed E-state index contributed by atoms with van der Waals surface area (Å²) in [6, 6.07) is 3.40. The molecule has 1 aliphatic heterocycles. The Kier molecular flexibility index (Phi) is 8.48. The largest absolute Gasteiger partial charge is 0.398 e. The van der Waals surface area contributed by atoms with E-state index in [4.69, 9.17) is 5.73 Å². The van der Waals surface area contributed by atoms with Gasteiger partial charge in [0, 0.05) is 43.5 Å². The molecule has 0 saturated carbocycles. The Morgan fingerprint density at radius 3 is 2.62 bits per heavy atom. The average Bonchev–Trinajstić information content (AvgIpc) is 2.34. The lowest BCUT2D eigenvalue weighted by atomic mass is 10.0. The Morgan fingerprint density at radius 2 is 2.05 bits per heavy atom. The van der Waals surface area contributed by atoms with Gasteiger partial charge in [0.2, 0.25) is 0 Å². The Bertz CT molecular complexity index is 458. The molecule has 3 N–H and O–H groups in total. The molecule has 0 unspecified atom stereocenters. The van der Waals surface area contributed by atoms with Crippen LogP contribution in [0.3, 0.4) is 0 Å². The van der Waals surface area contributed by atoms with E-state index in [-0.39, 0.29) is 30.4 Å². The fourth-order valence-electron chi connectivity index (χ4n) is 2.51. The van der Waals surface area contributed by atoms with E-state index in [2.05, 4.69) is 17.1 Å². The summed E-state index contributed by atoms with van der Waals surface area (Å²) in [5, 5.41) is 3.37. The molecule has 1 fully saturated rings. The van der Waals surface area contributed by atoms with E-state index >= 15 is 0 Å². The summed E-state index contributed by atoms with van der Waals surface area (Å²) >= 11 is 0. The predicted molar refractivity (Wildman–Crippen MR) is 87.8 cm³/mol. The van der Waals surface area contributed by atoms with Crippen LogP contribution in [0.5, 0.6) is 0 Å². The molecule has 0 aromatic heterocycles. The lowest BCUT2D eigenvalue weighted by Gasteiger charge is -2.32. The minimum absolute atomic E-state index is 0. The van der Waals surface area contributed by atoms with Crippen LogP contribution in [0.4, 0.5) is 14.5 Å². The fourth-order valence-corrected chi connectivity index (χ4v) is 2.51. The van der Waals surface area contributed by atoms with E-state index in [1.807, 2.05) is 6.92 Å². The third kappa shape index (κ3) is 5.25. The summed E-state index contributed by atoms with van der Waals surface area (Å²) in [7, 11) is 0. The number of piperazine rings is 1. The second kappa shape index (κ2) is 8.73. The van der Waals surface area contributed by atoms with Crippen LogP contribution in [0.15, 0.2) is 12.1 Å². The smallest absolute Gasteiger partial charge is 0.263 e. The summed E-state index contributed by atoms with van der Waals surface area (Å²) in [6.07, 6.45) is -2.47. The maximum atomic E-state index is 12.8. The number of rotatable bonds is 3. The number of hydrogen-bond donors (Lipinski definition) is 2.